The number of thiophene rings is 1. The Morgan fingerprint density at radius 3 is 2.75 bits per heavy atom. The van der Waals surface area contributed by atoms with E-state index in [1.165, 1.54) is 16.2 Å². The van der Waals surface area contributed by atoms with Crippen LogP contribution in [0.25, 0.3) is 21.1 Å². The van der Waals surface area contributed by atoms with Crippen molar-refractivity contribution in [1.82, 2.24) is 9.88 Å². The van der Waals surface area contributed by atoms with Crippen LogP contribution in [-0.2, 0) is 0 Å². The highest BCUT2D eigenvalue weighted by atomic mass is 32.1. The molecule has 1 aliphatic heterocycles. The number of carbonyl (C=O) groups excluding carboxylic acids is 1. The number of amides is 1. The van der Waals surface area contributed by atoms with E-state index in [0.717, 1.165) is 57.9 Å². The first-order valence-corrected chi connectivity index (χ1v) is 8.94. The van der Waals surface area contributed by atoms with Gasteiger partial charge in [-0.15, -0.1) is 11.3 Å². The maximum atomic E-state index is 12.7. The Balaban J connectivity index is 1.69. The van der Waals surface area contributed by atoms with Gasteiger partial charge in [-0.25, -0.2) is 4.98 Å². The number of fused-ring (bicyclic) bond motifs is 2. The van der Waals surface area contributed by atoms with Crippen molar-refractivity contribution in [2.45, 2.75) is 0 Å². The number of ether oxygens (including phenoxy) is 1. The summed E-state index contributed by atoms with van der Waals surface area (Å²) < 4.78 is 5.28. The van der Waals surface area contributed by atoms with Crippen molar-refractivity contribution in [1.29, 1.82) is 0 Å². The van der Waals surface area contributed by atoms with Crippen LogP contribution in [0.1, 0.15) is 9.67 Å². The van der Waals surface area contributed by atoms with Gasteiger partial charge in [0, 0.05) is 10.8 Å². The van der Waals surface area contributed by atoms with Gasteiger partial charge in [0.2, 0.25) is 0 Å². The van der Waals surface area contributed by atoms with E-state index in [1.54, 1.807) is 7.11 Å². The Morgan fingerprint density at radius 2 is 2.00 bits per heavy atom. The van der Waals surface area contributed by atoms with Crippen LogP contribution in [-0.4, -0.2) is 56.1 Å². The van der Waals surface area contributed by atoms with Crippen molar-refractivity contribution in [3.05, 3.63) is 35.2 Å². The van der Waals surface area contributed by atoms with E-state index in [1.807, 2.05) is 29.2 Å². The lowest BCUT2D eigenvalue weighted by molar-refractivity contribution is -0.883. The SMILES string of the molecule is COc1ccc2nc3sc(C(=O)N4CC[NH+](C)CC4)cc3cc2c1. The molecule has 1 aliphatic rings. The molecule has 3 heterocycles. The molecular weight excluding hydrogens is 322 g/mol. The lowest BCUT2D eigenvalue weighted by atomic mass is 10.2. The van der Waals surface area contributed by atoms with Crippen molar-refractivity contribution in [2.24, 2.45) is 0 Å². The molecule has 1 N–H and O–H groups in total. The number of methoxy groups -OCH3 is 1. The minimum atomic E-state index is 0.132. The zero-order valence-corrected chi connectivity index (χ0v) is 14.7. The fourth-order valence-electron chi connectivity index (χ4n) is 3.09. The Bertz CT molecular complexity index is 913. The van der Waals surface area contributed by atoms with Crippen molar-refractivity contribution >= 4 is 38.4 Å². The van der Waals surface area contributed by atoms with Gasteiger partial charge in [0.25, 0.3) is 5.91 Å². The average Bonchev–Trinajstić information content (AvgIpc) is 3.02. The molecular formula is C18H20N3O2S+. The molecule has 1 amide bonds. The first kappa shape index (κ1) is 15.4. The number of piperazine rings is 1. The molecule has 1 saturated heterocycles. The Morgan fingerprint density at radius 1 is 1.21 bits per heavy atom. The molecule has 0 atom stereocenters. The summed E-state index contributed by atoms with van der Waals surface area (Å²) in [6.07, 6.45) is 0. The summed E-state index contributed by atoms with van der Waals surface area (Å²) in [6.45, 7) is 3.67. The molecule has 0 aliphatic carbocycles. The van der Waals surface area contributed by atoms with Crippen LogP contribution >= 0.6 is 11.3 Å². The van der Waals surface area contributed by atoms with Gasteiger partial charge in [0.15, 0.2) is 0 Å². The second kappa shape index (κ2) is 6.03. The van der Waals surface area contributed by atoms with E-state index >= 15 is 0 Å². The van der Waals surface area contributed by atoms with Crippen LogP contribution < -0.4 is 9.64 Å². The van der Waals surface area contributed by atoms with Crippen LogP contribution in [0.2, 0.25) is 0 Å². The quantitative estimate of drug-likeness (QED) is 0.766. The molecule has 0 radical (unpaired) electrons. The highest BCUT2D eigenvalue weighted by molar-refractivity contribution is 7.20. The van der Waals surface area contributed by atoms with Gasteiger partial charge in [0.1, 0.15) is 10.6 Å². The van der Waals surface area contributed by atoms with E-state index in [2.05, 4.69) is 13.1 Å². The second-order valence-corrected chi connectivity index (χ2v) is 7.33. The Labute approximate surface area is 144 Å². The number of quaternary nitrogens is 1. The lowest BCUT2D eigenvalue weighted by Gasteiger charge is -2.29. The zero-order chi connectivity index (χ0) is 16.7. The first-order valence-electron chi connectivity index (χ1n) is 8.13. The number of hydrogen-bond acceptors (Lipinski definition) is 4. The monoisotopic (exact) mass is 342 g/mol. The zero-order valence-electron chi connectivity index (χ0n) is 13.8. The molecule has 0 spiro atoms. The van der Waals surface area contributed by atoms with E-state index in [4.69, 9.17) is 9.72 Å². The molecule has 124 valence electrons. The number of aromatic nitrogens is 1. The molecule has 2 aromatic heterocycles. The molecule has 24 heavy (non-hydrogen) atoms. The van der Waals surface area contributed by atoms with Gasteiger partial charge in [-0.05, 0) is 30.3 Å². The maximum Gasteiger partial charge on any atom is 0.264 e. The summed E-state index contributed by atoms with van der Waals surface area (Å²) in [7, 11) is 3.83. The Hall–Kier alpha value is -2.18. The van der Waals surface area contributed by atoms with Crippen molar-refractivity contribution in [2.75, 3.05) is 40.3 Å². The van der Waals surface area contributed by atoms with E-state index in [0.29, 0.717) is 0 Å². The predicted octanol–water partition coefficient (Wildman–Crippen LogP) is 1.43. The average molecular weight is 342 g/mol. The third-order valence-electron chi connectivity index (χ3n) is 4.62. The van der Waals surface area contributed by atoms with E-state index in [-0.39, 0.29) is 5.91 Å². The molecule has 4 rings (SSSR count). The van der Waals surface area contributed by atoms with E-state index < -0.39 is 0 Å². The standard InChI is InChI=1S/C18H19N3O2S/c1-20-5-7-21(8-6-20)18(22)16-11-13-9-12-10-14(23-2)3-4-15(12)19-17(13)24-16/h3-4,9-11H,5-8H2,1-2H3/p+1. The van der Waals surface area contributed by atoms with Crippen molar-refractivity contribution in [3.63, 3.8) is 0 Å². The number of pyridine rings is 1. The smallest absolute Gasteiger partial charge is 0.264 e. The number of nitrogens with one attached hydrogen (secondary N) is 1. The third-order valence-corrected chi connectivity index (χ3v) is 5.66. The largest absolute Gasteiger partial charge is 0.497 e. The van der Waals surface area contributed by atoms with Gasteiger partial charge in [-0.3, -0.25) is 4.79 Å². The van der Waals surface area contributed by atoms with Gasteiger partial charge >= 0.3 is 0 Å². The highest BCUT2D eigenvalue weighted by Gasteiger charge is 2.24. The number of carbonyl (C=O) groups is 1. The van der Waals surface area contributed by atoms with Gasteiger partial charge < -0.3 is 14.5 Å². The number of hydrogen-bond donors (Lipinski definition) is 1. The minimum Gasteiger partial charge on any atom is -0.497 e. The summed E-state index contributed by atoms with van der Waals surface area (Å²) in [6, 6.07) is 9.90. The molecule has 3 aromatic rings. The molecule has 5 nitrogen and oxygen atoms in total. The van der Waals surface area contributed by atoms with Crippen LogP contribution in [0.4, 0.5) is 0 Å². The summed E-state index contributed by atoms with van der Waals surface area (Å²) in [5.41, 5.74) is 0.923. The van der Waals surface area contributed by atoms with Gasteiger partial charge in [-0.2, -0.15) is 0 Å². The first-order chi connectivity index (χ1) is 11.6. The summed E-state index contributed by atoms with van der Waals surface area (Å²) in [4.78, 5) is 22.6. The highest BCUT2D eigenvalue weighted by Crippen LogP contribution is 2.29. The fourth-order valence-corrected chi connectivity index (χ4v) is 4.08. The molecule has 0 bridgehead atoms. The second-order valence-electron chi connectivity index (χ2n) is 6.30. The number of likely N-dealkylation sites (N-methyl/N-ethyl adjacent to an activating group) is 1. The van der Waals surface area contributed by atoms with Crippen molar-refractivity contribution < 1.29 is 14.4 Å². The normalized spacial score (nSPS) is 16.0. The lowest BCUT2D eigenvalue weighted by Crippen LogP contribution is -3.12. The fraction of sp³-hybridized carbons (Fsp3) is 0.333. The van der Waals surface area contributed by atoms with Gasteiger partial charge in [0.05, 0.1) is 50.7 Å². The molecule has 1 aromatic carbocycles. The molecule has 0 unspecified atom stereocenters. The number of benzene rings is 1. The Kier molecular flexibility index (Phi) is 3.86. The topological polar surface area (TPSA) is 46.9 Å². The van der Waals surface area contributed by atoms with Crippen molar-refractivity contribution in [3.8, 4) is 5.75 Å². The molecule has 6 heteroatoms. The van der Waals surface area contributed by atoms with Crippen LogP contribution in [0.3, 0.4) is 0 Å². The predicted molar refractivity (Wildman–Crippen MR) is 96.2 cm³/mol. The van der Waals surface area contributed by atoms with E-state index in [9.17, 15) is 4.79 Å². The minimum absolute atomic E-state index is 0.132. The van der Waals surface area contributed by atoms with Gasteiger partial charge in [-0.1, -0.05) is 0 Å². The maximum absolute atomic E-state index is 12.7. The van der Waals surface area contributed by atoms with Crippen LogP contribution in [0, 0.1) is 0 Å². The third kappa shape index (κ3) is 2.72. The molecule has 1 fully saturated rings. The summed E-state index contributed by atoms with van der Waals surface area (Å²) >= 11 is 1.48. The summed E-state index contributed by atoms with van der Waals surface area (Å²) in [5.74, 6) is 0.947. The summed E-state index contributed by atoms with van der Waals surface area (Å²) in [5, 5.41) is 2.05. The number of nitrogens with zero attached hydrogens (tertiary/aromatic N) is 2. The van der Waals surface area contributed by atoms with Crippen LogP contribution in [0.5, 0.6) is 5.75 Å². The molecule has 0 saturated carbocycles. The van der Waals surface area contributed by atoms with Crippen LogP contribution in [0.15, 0.2) is 30.3 Å². The number of rotatable bonds is 2.